The minimum atomic E-state index is -0.00352. The van der Waals surface area contributed by atoms with Gasteiger partial charge in [0, 0.05) is 11.4 Å². The standard InChI is InChI=1S/C25H23N3OS/c1-14-10-15(2)23(16(3)11-14)27-17(4)12-19(18(27)5)13-22-24(29)28-21-9-7-6-8-20(21)26-25(28)30-22/h6-13H,1-5H3/b22-13-. The second-order valence-corrected chi connectivity index (χ2v) is 9.05. The first-order chi connectivity index (χ1) is 14.3. The molecule has 0 spiro atoms. The minimum absolute atomic E-state index is 0.00352. The fourth-order valence-electron chi connectivity index (χ4n) is 4.56. The Morgan fingerprint density at radius 3 is 2.40 bits per heavy atom. The van der Waals surface area contributed by atoms with Gasteiger partial charge in [-0.3, -0.25) is 4.79 Å². The molecule has 0 bridgehead atoms. The van der Waals surface area contributed by atoms with E-state index in [1.165, 1.54) is 33.7 Å². The van der Waals surface area contributed by atoms with Crippen molar-refractivity contribution in [3.05, 3.63) is 91.0 Å². The highest BCUT2D eigenvalue weighted by atomic mass is 32.1. The highest BCUT2D eigenvalue weighted by Crippen LogP contribution is 2.27. The summed E-state index contributed by atoms with van der Waals surface area (Å²) >= 11 is 1.45. The van der Waals surface area contributed by atoms with Gasteiger partial charge in [-0.05, 0) is 75.6 Å². The van der Waals surface area contributed by atoms with E-state index in [-0.39, 0.29) is 5.56 Å². The number of imidazole rings is 1. The number of fused-ring (bicyclic) bond motifs is 3. The van der Waals surface area contributed by atoms with Gasteiger partial charge in [-0.2, -0.15) is 0 Å². The van der Waals surface area contributed by atoms with Crippen molar-refractivity contribution < 1.29 is 0 Å². The number of rotatable bonds is 2. The van der Waals surface area contributed by atoms with E-state index < -0.39 is 0 Å². The summed E-state index contributed by atoms with van der Waals surface area (Å²) in [5.74, 6) is 0. The van der Waals surface area contributed by atoms with Crippen LogP contribution in [0.1, 0.15) is 33.6 Å². The normalized spacial score (nSPS) is 12.5. The first kappa shape index (κ1) is 18.8. The Labute approximate surface area is 178 Å². The van der Waals surface area contributed by atoms with Crippen LogP contribution in [0.4, 0.5) is 0 Å². The maximum absolute atomic E-state index is 13.1. The fraction of sp³-hybridized carbons (Fsp3) is 0.200. The molecule has 30 heavy (non-hydrogen) atoms. The van der Waals surface area contributed by atoms with Gasteiger partial charge in [0.25, 0.3) is 5.56 Å². The molecule has 0 N–H and O–H groups in total. The van der Waals surface area contributed by atoms with Gasteiger partial charge >= 0.3 is 0 Å². The van der Waals surface area contributed by atoms with Gasteiger partial charge in [-0.1, -0.05) is 41.2 Å². The van der Waals surface area contributed by atoms with Crippen LogP contribution in [0.5, 0.6) is 0 Å². The van der Waals surface area contributed by atoms with Gasteiger partial charge < -0.3 is 4.57 Å². The topological polar surface area (TPSA) is 39.3 Å². The van der Waals surface area contributed by atoms with E-state index in [2.05, 4.69) is 62.4 Å². The van der Waals surface area contributed by atoms with Crippen LogP contribution < -0.4 is 10.1 Å². The van der Waals surface area contributed by atoms with E-state index >= 15 is 0 Å². The zero-order valence-corrected chi connectivity index (χ0v) is 18.6. The summed E-state index contributed by atoms with van der Waals surface area (Å²) in [7, 11) is 0. The number of aryl methyl sites for hydroxylation is 4. The number of aromatic nitrogens is 3. The summed E-state index contributed by atoms with van der Waals surface area (Å²) in [6.07, 6.45) is 2.01. The average Bonchev–Trinajstić information content (AvgIpc) is 3.28. The number of para-hydroxylation sites is 2. The van der Waals surface area contributed by atoms with Crippen LogP contribution in [0.15, 0.2) is 47.3 Å². The van der Waals surface area contributed by atoms with Crippen molar-refractivity contribution in [3.63, 3.8) is 0 Å². The third kappa shape index (κ3) is 2.73. The van der Waals surface area contributed by atoms with E-state index in [1.807, 2.05) is 30.3 Å². The molecule has 4 nitrogen and oxygen atoms in total. The van der Waals surface area contributed by atoms with Gasteiger partial charge in [0.2, 0.25) is 0 Å². The molecule has 3 aromatic heterocycles. The van der Waals surface area contributed by atoms with E-state index in [1.54, 1.807) is 4.40 Å². The average molecular weight is 414 g/mol. The van der Waals surface area contributed by atoms with Crippen LogP contribution in [-0.2, 0) is 0 Å². The van der Waals surface area contributed by atoms with Crippen molar-refractivity contribution in [2.24, 2.45) is 0 Å². The molecule has 0 atom stereocenters. The van der Waals surface area contributed by atoms with Crippen molar-refractivity contribution in [3.8, 4) is 5.69 Å². The first-order valence-electron chi connectivity index (χ1n) is 10.0. The van der Waals surface area contributed by atoms with Crippen LogP contribution in [0.2, 0.25) is 0 Å². The van der Waals surface area contributed by atoms with Gasteiger partial charge in [0.15, 0.2) is 4.96 Å². The zero-order chi connectivity index (χ0) is 21.2. The van der Waals surface area contributed by atoms with Gasteiger partial charge in [0.05, 0.1) is 21.3 Å². The smallest absolute Gasteiger partial charge is 0.274 e. The Morgan fingerprint density at radius 2 is 1.67 bits per heavy atom. The molecule has 3 heterocycles. The SMILES string of the molecule is Cc1cc(C)c(-n2c(C)cc(/C=c3\sc4nc5ccccc5n4c3=O)c2C)c(C)c1. The molecular formula is C25H23N3OS. The summed E-state index contributed by atoms with van der Waals surface area (Å²) in [4.78, 5) is 18.5. The molecule has 5 heteroatoms. The summed E-state index contributed by atoms with van der Waals surface area (Å²) in [6, 6.07) is 14.4. The van der Waals surface area contributed by atoms with Crippen molar-refractivity contribution >= 4 is 33.4 Å². The van der Waals surface area contributed by atoms with E-state index in [9.17, 15) is 4.79 Å². The van der Waals surface area contributed by atoms with Crippen molar-refractivity contribution in [1.82, 2.24) is 14.0 Å². The Balaban J connectivity index is 1.72. The quantitative estimate of drug-likeness (QED) is 0.417. The van der Waals surface area contributed by atoms with Gasteiger partial charge in [-0.25, -0.2) is 9.38 Å². The summed E-state index contributed by atoms with van der Waals surface area (Å²) < 4.78 is 4.73. The molecule has 5 rings (SSSR count). The molecule has 0 aliphatic heterocycles. The Hall–Kier alpha value is -3.18. The van der Waals surface area contributed by atoms with Crippen LogP contribution in [0.25, 0.3) is 27.8 Å². The highest BCUT2D eigenvalue weighted by Gasteiger charge is 2.15. The second-order valence-electron chi connectivity index (χ2n) is 8.04. The lowest BCUT2D eigenvalue weighted by atomic mass is 10.0. The number of thiazole rings is 1. The second kappa shape index (κ2) is 6.67. The molecule has 0 saturated carbocycles. The number of hydrogen-bond donors (Lipinski definition) is 0. The predicted octanol–water partition coefficient (Wildman–Crippen LogP) is 4.79. The molecule has 0 unspecified atom stereocenters. The van der Waals surface area contributed by atoms with Gasteiger partial charge in [0.1, 0.15) is 0 Å². The van der Waals surface area contributed by atoms with Crippen LogP contribution in [-0.4, -0.2) is 14.0 Å². The largest absolute Gasteiger partial charge is 0.317 e. The highest BCUT2D eigenvalue weighted by molar-refractivity contribution is 7.15. The summed E-state index contributed by atoms with van der Waals surface area (Å²) in [6.45, 7) is 10.7. The molecule has 0 fully saturated rings. The molecule has 0 aliphatic carbocycles. The van der Waals surface area contributed by atoms with Crippen molar-refractivity contribution in [1.29, 1.82) is 0 Å². The van der Waals surface area contributed by atoms with E-state index in [0.717, 1.165) is 32.9 Å². The number of benzene rings is 2. The summed E-state index contributed by atoms with van der Waals surface area (Å²) in [5, 5.41) is 0. The Kier molecular flexibility index (Phi) is 4.19. The van der Waals surface area contributed by atoms with Crippen LogP contribution in [0, 0.1) is 34.6 Å². The molecule has 5 aromatic rings. The number of nitrogens with zero attached hydrogens (tertiary/aromatic N) is 3. The third-order valence-electron chi connectivity index (χ3n) is 5.76. The third-order valence-corrected chi connectivity index (χ3v) is 6.73. The van der Waals surface area contributed by atoms with Crippen LogP contribution >= 0.6 is 11.3 Å². The molecule has 0 amide bonds. The summed E-state index contributed by atoms with van der Waals surface area (Å²) in [5.41, 5.74) is 10.1. The van der Waals surface area contributed by atoms with E-state index in [0.29, 0.717) is 4.53 Å². The lowest BCUT2D eigenvalue weighted by molar-refractivity contribution is 0.941. The van der Waals surface area contributed by atoms with Gasteiger partial charge in [-0.15, -0.1) is 0 Å². The first-order valence-corrected chi connectivity index (χ1v) is 10.9. The lowest BCUT2D eigenvalue weighted by Gasteiger charge is -2.16. The molecule has 0 radical (unpaired) electrons. The minimum Gasteiger partial charge on any atom is -0.317 e. The molecule has 0 saturated heterocycles. The van der Waals surface area contributed by atoms with Crippen LogP contribution in [0.3, 0.4) is 0 Å². The fourth-order valence-corrected chi connectivity index (χ4v) is 5.53. The maximum Gasteiger partial charge on any atom is 0.274 e. The zero-order valence-electron chi connectivity index (χ0n) is 17.8. The molecule has 150 valence electrons. The van der Waals surface area contributed by atoms with Crippen molar-refractivity contribution in [2.45, 2.75) is 34.6 Å². The lowest BCUT2D eigenvalue weighted by Crippen LogP contribution is -2.22. The Morgan fingerprint density at radius 1 is 0.967 bits per heavy atom. The molecule has 2 aromatic carbocycles. The van der Waals surface area contributed by atoms with Crippen molar-refractivity contribution in [2.75, 3.05) is 0 Å². The predicted molar refractivity (Wildman–Crippen MR) is 125 cm³/mol. The molecule has 0 aliphatic rings. The maximum atomic E-state index is 13.1. The monoisotopic (exact) mass is 413 g/mol. The molecular weight excluding hydrogens is 390 g/mol. The number of hydrogen-bond acceptors (Lipinski definition) is 3. The van der Waals surface area contributed by atoms with E-state index in [4.69, 9.17) is 0 Å². The Bertz CT molecular complexity index is 1540.